The number of hydrogen-bond acceptors (Lipinski definition) is 2. The van der Waals surface area contributed by atoms with Gasteiger partial charge in [-0.3, -0.25) is 4.79 Å². The highest BCUT2D eigenvalue weighted by Gasteiger charge is 2.08. The van der Waals surface area contributed by atoms with E-state index in [1.165, 1.54) is 0 Å². The van der Waals surface area contributed by atoms with Gasteiger partial charge in [-0.2, -0.15) is 0 Å². The minimum atomic E-state index is -0.149. The fourth-order valence-corrected chi connectivity index (χ4v) is 1.73. The van der Waals surface area contributed by atoms with Crippen molar-refractivity contribution < 1.29 is 4.79 Å². The molecule has 0 saturated carbocycles. The van der Waals surface area contributed by atoms with Crippen LogP contribution in [0.2, 0.25) is 0 Å². The number of carbonyl (C=O) groups is 1. The fourth-order valence-electron chi connectivity index (χ4n) is 1.73. The van der Waals surface area contributed by atoms with Crippen molar-refractivity contribution in [2.75, 3.05) is 0 Å². The van der Waals surface area contributed by atoms with Crippen molar-refractivity contribution in [3.8, 4) is 11.3 Å². The average molecular weight is 255 g/mol. The Morgan fingerprint density at radius 2 is 2.05 bits per heavy atom. The summed E-state index contributed by atoms with van der Waals surface area (Å²) in [5, 5.41) is 2.78. The van der Waals surface area contributed by atoms with Crippen LogP contribution in [0.5, 0.6) is 0 Å². The molecule has 0 aliphatic carbocycles. The Morgan fingerprint density at radius 3 is 2.68 bits per heavy atom. The van der Waals surface area contributed by atoms with Gasteiger partial charge in [0.15, 0.2) is 0 Å². The molecule has 4 nitrogen and oxygen atoms in total. The minimum absolute atomic E-state index is 0.149. The number of nitrogens with one attached hydrogen (secondary N) is 1. The highest BCUT2D eigenvalue weighted by molar-refractivity contribution is 5.91. The molecule has 2 rings (SSSR count). The summed E-state index contributed by atoms with van der Waals surface area (Å²) in [6, 6.07) is 9.96. The molecule has 0 saturated heterocycles. The lowest BCUT2D eigenvalue weighted by atomic mass is 10.2. The minimum Gasteiger partial charge on any atom is -0.345 e. The molecule has 2 aromatic rings. The molecule has 0 aliphatic rings. The molecule has 0 aliphatic heterocycles. The van der Waals surface area contributed by atoms with Crippen LogP contribution < -0.4 is 5.32 Å². The molecule has 0 bridgehead atoms. The third-order valence-corrected chi connectivity index (χ3v) is 2.84. The lowest BCUT2D eigenvalue weighted by Crippen LogP contribution is -2.24. The van der Waals surface area contributed by atoms with Gasteiger partial charge in [0.25, 0.3) is 0 Å². The second kappa shape index (κ2) is 5.52. The maximum Gasteiger partial charge on any atom is 0.246 e. The quantitative estimate of drug-likeness (QED) is 0.852. The van der Waals surface area contributed by atoms with Crippen LogP contribution in [0.4, 0.5) is 0 Å². The maximum absolute atomic E-state index is 11.5. The molecule has 0 fully saturated rings. The van der Waals surface area contributed by atoms with E-state index < -0.39 is 0 Å². The molecule has 98 valence electrons. The molecule has 0 radical (unpaired) electrons. The van der Waals surface area contributed by atoms with Crippen LogP contribution in [0.1, 0.15) is 12.7 Å². The molecule has 0 unspecified atom stereocenters. The van der Waals surface area contributed by atoms with Crippen LogP contribution in [-0.2, 0) is 18.4 Å². The molecule has 1 aromatic carbocycles. The number of imidazole rings is 1. The topological polar surface area (TPSA) is 46.9 Å². The lowest BCUT2D eigenvalue weighted by molar-refractivity contribution is -0.117. The molecular formula is C15H17N3O. The molecule has 0 atom stereocenters. The van der Waals surface area contributed by atoms with E-state index in [0.717, 1.165) is 17.1 Å². The summed E-state index contributed by atoms with van der Waals surface area (Å²) < 4.78 is 1.92. The smallest absolute Gasteiger partial charge is 0.246 e. The van der Waals surface area contributed by atoms with Gasteiger partial charge in [0.05, 0.1) is 12.2 Å². The standard InChI is InChI=1S/C15H17N3O/c1-11(2)15(19)16-9-14-17-13(10-18(14)3)12-7-5-4-6-8-12/h4-8,10H,1,9H2,2-3H3,(H,16,19). The number of hydrogen-bond donors (Lipinski definition) is 1. The number of benzene rings is 1. The van der Waals surface area contributed by atoms with Crippen molar-refractivity contribution in [1.82, 2.24) is 14.9 Å². The van der Waals surface area contributed by atoms with Crippen LogP contribution in [-0.4, -0.2) is 15.5 Å². The van der Waals surface area contributed by atoms with E-state index >= 15 is 0 Å². The zero-order valence-corrected chi connectivity index (χ0v) is 11.2. The van der Waals surface area contributed by atoms with Crippen LogP contribution in [0.25, 0.3) is 11.3 Å². The Kier molecular flexibility index (Phi) is 3.80. The predicted molar refractivity (Wildman–Crippen MR) is 75.3 cm³/mol. The summed E-state index contributed by atoms with van der Waals surface area (Å²) in [4.78, 5) is 16.0. The van der Waals surface area contributed by atoms with Gasteiger partial charge >= 0.3 is 0 Å². The van der Waals surface area contributed by atoms with Crippen LogP contribution >= 0.6 is 0 Å². The SMILES string of the molecule is C=C(C)C(=O)NCc1nc(-c2ccccc2)cn1C. The predicted octanol–water partition coefficient (Wildman–Crippen LogP) is 2.28. The highest BCUT2D eigenvalue weighted by Crippen LogP contribution is 2.17. The van der Waals surface area contributed by atoms with Crippen LogP contribution in [0.3, 0.4) is 0 Å². The van der Waals surface area contributed by atoms with E-state index in [4.69, 9.17) is 0 Å². The Morgan fingerprint density at radius 1 is 1.37 bits per heavy atom. The van der Waals surface area contributed by atoms with Crippen molar-refractivity contribution in [1.29, 1.82) is 0 Å². The summed E-state index contributed by atoms with van der Waals surface area (Å²) >= 11 is 0. The Labute approximate surface area is 112 Å². The van der Waals surface area contributed by atoms with E-state index in [1.807, 2.05) is 48.1 Å². The van der Waals surface area contributed by atoms with E-state index in [0.29, 0.717) is 12.1 Å². The second-order valence-corrected chi connectivity index (χ2v) is 4.48. The zero-order valence-electron chi connectivity index (χ0n) is 11.2. The van der Waals surface area contributed by atoms with Gasteiger partial charge in [0.2, 0.25) is 5.91 Å². The first-order valence-corrected chi connectivity index (χ1v) is 6.09. The van der Waals surface area contributed by atoms with Crippen molar-refractivity contribution >= 4 is 5.91 Å². The van der Waals surface area contributed by atoms with Gasteiger partial charge in [-0.1, -0.05) is 36.9 Å². The molecule has 1 aromatic heterocycles. The third kappa shape index (κ3) is 3.10. The van der Waals surface area contributed by atoms with E-state index in [2.05, 4.69) is 16.9 Å². The van der Waals surface area contributed by atoms with E-state index in [9.17, 15) is 4.79 Å². The Hall–Kier alpha value is -2.36. The zero-order chi connectivity index (χ0) is 13.8. The molecule has 0 spiro atoms. The normalized spacial score (nSPS) is 10.2. The van der Waals surface area contributed by atoms with Crippen LogP contribution in [0, 0.1) is 0 Å². The first-order valence-electron chi connectivity index (χ1n) is 6.09. The van der Waals surface area contributed by atoms with E-state index in [1.54, 1.807) is 6.92 Å². The first kappa shape index (κ1) is 13.1. The third-order valence-electron chi connectivity index (χ3n) is 2.84. The number of aryl methyl sites for hydroxylation is 1. The Balaban J connectivity index is 2.14. The van der Waals surface area contributed by atoms with Gasteiger partial charge in [-0.05, 0) is 6.92 Å². The number of rotatable bonds is 4. The van der Waals surface area contributed by atoms with Crippen molar-refractivity contribution in [2.24, 2.45) is 7.05 Å². The molecule has 4 heteroatoms. The van der Waals surface area contributed by atoms with E-state index in [-0.39, 0.29) is 5.91 Å². The molecule has 19 heavy (non-hydrogen) atoms. The summed E-state index contributed by atoms with van der Waals surface area (Å²) in [6.45, 7) is 5.68. The largest absolute Gasteiger partial charge is 0.345 e. The maximum atomic E-state index is 11.5. The summed E-state index contributed by atoms with van der Waals surface area (Å²) in [7, 11) is 1.92. The highest BCUT2D eigenvalue weighted by atomic mass is 16.1. The van der Waals surface area contributed by atoms with Crippen LogP contribution in [0.15, 0.2) is 48.7 Å². The Bertz CT molecular complexity index is 599. The lowest BCUT2D eigenvalue weighted by Gasteiger charge is -2.04. The molecule has 1 amide bonds. The van der Waals surface area contributed by atoms with Crippen molar-refractivity contribution in [3.05, 3.63) is 54.5 Å². The number of nitrogens with zero attached hydrogens (tertiary/aromatic N) is 2. The van der Waals surface area contributed by atoms with Gasteiger partial charge in [0.1, 0.15) is 5.82 Å². The number of carbonyl (C=O) groups excluding carboxylic acids is 1. The fraction of sp³-hybridized carbons (Fsp3) is 0.200. The average Bonchev–Trinajstić information content (AvgIpc) is 2.78. The molecular weight excluding hydrogens is 238 g/mol. The number of aromatic nitrogens is 2. The van der Waals surface area contributed by atoms with Gasteiger partial charge in [-0.25, -0.2) is 4.98 Å². The van der Waals surface area contributed by atoms with Crippen molar-refractivity contribution in [2.45, 2.75) is 13.5 Å². The van der Waals surface area contributed by atoms with Gasteiger partial charge in [-0.15, -0.1) is 0 Å². The number of amides is 1. The molecule has 1 heterocycles. The summed E-state index contributed by atoms with van der Waals surface area (Å²) in [5.41, 5.74) is 2.47. The van der Waals surface area contributed by atoms with Gasteiger partial charge < -0.3 is 9.88 Å². The van der Waals surface area contributed by atoms with Gasteiger partial charge in [0, 0.05) is 24.4 Å². The summed E-state index contributed by atoms with van der Waals surface area (Å²) in [5.74, 6) is 0.665. The second-order valence-electron chi connectivity index (χ2n) is 4.48. The monoisotopic (exact) mass is 255 g/mol. The van der Waals surface area contributed by atoms with Crippen molar-refractivity contribution in [3.63, 3.8) is 0 Å². The molecule has 1 N–H and O–H groups in total. The first-order chi connectivity index (χ1) is 9.08. The summed E-state index contributed by atoms with van der Waals surface area (Å²) in [6.07, 6.45) is 1.96.